The minimum atomic E-state index is -0.753. The van der Waals surface area contributed by atoms with Gasteiger partial charge in [0.05, 0.1) is 5.69 Å². The fourth-order valence-corrected chi connectivity index (χ4v) is 1.84. The molecule has 2 heterocycles. The summed E-state index contributed by atoms with van der Waals surface area (Å²) in [7, 11) is 0. The van der Waals surface area contributed by atoms with Crippen molar-refractivity contribution in [3.05, 3.63) is 47.8 Å². The number of aryl methyl sites for hydroxylation is 2. The lowest BCUT2D eigenvalue weighted by Crippen LogP contribution is -2.11. The first-order valence-corrected chi connectivity index (χ1v) is 5.84. The molecule has 2 rings (SSSR count). The number of pyridine rings is 1. The smallest absolute Gasteiger partial charge is 0.153 e. The van der Waals surface area contributed by atoms with E-state index in [0.29, 0.717) is 11.5 Å². The molecule has 0 saturated heterocycles. The topological polar surface area (TPSA) is 50.9 Å². The second kappa shape index (κ2) is 5.10. The molecule has 0 saturated carbocycles. The molecule has 1 atom stereocenters. The normalized spacial score (nSPS) is 12.6. The molecule has 17 heavy (non-hydrogen) atoms. The highest BCUT2D eigenvalue weighted by molar-refractivity contribution is 5.20. The maximum absolute atomic E-state index is 10.3. The van der Waals surface area contributed by atoms with Gasteiger partial charge in [-0.1, -0.05) is 6.92 Å². The van der Waals surface area contributed by atoms with Gasteiger partial charge in [0.15, 0.2) is 6.10 Å². The van der Waals surface area contributed by atoms with Gasteiger partial charge in [0, 0.05) is 25.1 Å². The predicted molar refractivity (Wildman–Crippen MR) is 65.6 cm³/mol. The van der Waals surface area contributed by atoms with E-state index in [2.05, 4.69) is 16.9 Å². The molecule has 1 unspecified atom stereocenters. The van der Waals surface area contributed by atoms with Crippen LogP contribution < -0.4 is 0 Å². The van der Waals surface area contributed by atoms with Crippen LogP contribution in [0, 0.1) is 6.92 Å². The van der Waals surface area contributed by atoms with E-state index in [0.717, 1.165) is 18.5 Å². The minimum absolute atomic E-state index is 0.647. The van der Waals surface area contributed by atoms with Crippen LogP contribution in [-0.2, 0) is 6.54 Å². The molecule has 1 N–H and O–H groups in total. The van der Waals surface area contributed by atoms with Crippen LogP contribution in [0.5, 0.6) is 0 Å². The molecular weight excluding hydrogens is 214 g/mol. The zero-order valence-electron chi connectivity index (χ0n) is 10.2. The summed E-state index contributed by atoms with van der Waals surface area (Å²) >= 11 is 0. The van der Waals surface area contributed by atoms with Crippen molar-refractivity contribution in [2.24, 2.45) is 0 Å². The zero-order chi connectivity index (χ0) is 12.3. The van der Waals surface area contributed by atoms with Gasteiger partial charge in [0.2, 0.25) is 0 Å². The van der Waals surface area contributed by atoms with Crippen molar-refractivity contribution in [1.82, 2.24) is 14.5 Å². The number of nitrogens with zero attached hydrogens (tertiary/aromatic N) is 3. The highest BCUT2D eigenvalue weighted by Crippen LogP contribution is 2.19. The van der Waals surface area contributed by atoms with Crippen LogP contribution in [0.1, 0.15) is 36.5 Å². The first-order valence-electron chi connectivity index (χ1n) is 5.84. The Morgan fingerprint density at radius 1 is 1.35 bits per heavy atom. The fraction of sp³-hybridized carbons (Fsp3) is 0.385. The zero-order valence-corrected chi connectivity index (χ0v) is 10.2. The van der Waals surface area contributed by atoms with E-state index >= 15 is 0 Å². The lowest BCUT2D eigenvalue weighted by molar-refractivity contribution is 0.199. The van der Waals surface area contributed by atoms with Crippen LogP contribution in [0.4, 0.5) is 0 Å². The SMILES string of the molecule is CCCn1ccnc1C(O)c1cc(C)ccn1. The quantitative estimate of drug-likeness (QED) is 0.876. The van der Waals surface area contributed by atoms with Crippen LogP contribution in [0.15, 0.2) is 30.7 Å². The van der Waals surface area contributed by atoms with Gasteiger partial charge in [0.1, 0.15) is 5.82 Å². The van der Waals surface area contributed by atoms with E-state index in [9.17, 15) is 5.11 Å². The molecule has 0 amide bonds. The Morgan fingerprint density at radius 3 is 2.88 bits per heavy atom. The number of hydrogen-bond donors (Lipinski definition) is 1. The second-order valence-electron chi connectivity index (χ2n) is 4.14. The Kier molecular flexibility index (Phi) is 3.54. The van der Waals surface area contributed by atoms with Gasteiger partial charge < -0.3 is 9.67 Å². The van der Waals surface area contributed by atoms with Gasteiger partial charge in [-0.15, -0.1) is 0 Å². The minimum Gasteiger partial charge on any atom is -0.379 e. The third-order valence-electron chi connectivity index (χ3n) is 2.67. The molecule has 0 aliphatic rings. The third kappa shape index (κ3) is 2.53. The molecule has 2 aromatic rings. The van der Waals surface area contributed by atoms with Crippen molar-refractivity contribution in [2.75, 3.05) is 0 Å². The molecule has 0 bridgehead atoms. The maximum atomic E-state index is 10.3. The summed E-state index contributed by atoms with van der Waals surface area (Å²) in [6, 6.07) is 3.80. The molecule has 0 radical (unpaired) electrons. The summed E-state index contributed by atoms with van der Waals surface area (Å²) in [5.41, 5.74) is 1.73. The van der Waals surface area contributed by atoms with Gasteiger partial charge in [-0.3, -0.25) is 4.98 Å². The molecule has 0 aliphatic carbocycles. The average Bonchev–Trinajstić information content (AvgIpc) is 2.77. The summed E-state index contributed by atoms with van der Waals surface area (Å²) in [4.78, 5) is 8.41. The van der Waals surface area contributed by atoms with Crippen LogP contribution in [0.3, 0.4) is 0 Å². The lowest BCUT2D eigenvalue weighted by Gasteiger charge is -2.12. The molecule has 0 aromatic carbocycles. The number of aliphatic hydroxyl groups is 1. The number of aliphatic hydroxyl groups excluding tert-OH is 1. The third-order valence-corrected chi connectivity index (χ3v) is 2.67. The Bertz CT molecular complexity index is 493. The van der Waals surface area contributed by atoms with E-state index in [1.807, 2.05) is 29.8 Å². The van der Waals surface area contributed by atoms with Crippen LogP contribution in [-0.4, -0.2) is 19.6 Å². The van der Waals surface area contributed by atoms with Crippen molar-refractivity contribution >= 4 is 0 Å². The molecule has 90 valence electrons. The van der Waals surface area contributed by atoms with E-state index in [4.69, 9.17) is 0 Å². The molecule has 0 spiro atoms. The highest BCUT2D eigenvalue weighted by Gasteiger charge is 2.17. The number of aromatic nitrogens is 3. The first-order chi connectivity index (χ1) is 8.22. The van der Waals surface area contributed by atoms with Gasteiger partial charge in [0.25, 0.3) is 0 Å². The molecular formula is C13H17N3O. The molecule has 0 fully saturated rings. The van der Waals surface area contributed by atoms with Crippen molar-refractivity contribution < 1.29 is 5.11 Å². The van der Waals surface area contributed by atoms with E-state index < -0.39 is 6.10 Å². The molecule has 2 aromatic heterocycles. The monoisotopic (exact) mass is 231 g/mol. The molecule has 4 heteroatoms. The molecule has 4 nitrogen and oxygen atoms in total. The summed E-state index contributed by atoms with van der Waals surface area (Å²) in [5.74, 6) is 0.657. The van der Waals surface area contributed by atoms with Crippen LogP contribution >= 0.6 is 0 Å². The van der Waals surface area contributed by atoms with Crippen molar-refractivity contribution in [2.45, 2.75) is 32.9 Å². The number of imidazole rings is 1. The van der Waals surface area contributed by atoms with E-state index in [-0.39, 0.29) is 0 Å². The second-order valence-corrected chi connectivity index (χ2v) is 4.14. The summed E-state index contributed by atoms with van der Waals surface area (Å²) < 4.78 is 1.97. The average molecular weight is 231 g/mol. The van der Waals surface area contributed by atoms with Crippen molar-refractivity contribution in [1.29, 1.82) is 0 Å². The largest absolute Gasteiger partial charge is 0.379 e. The van der Waals surface area contributed by atoms with Crippen molar-refractivity contribution in [3.63, 3.8) is 0 Å². The lowest BCUT2D eigenvalue weighted by atomic mass is 10.1. The summed E-state index contributed by atoms with van der Waals surface area (Å²) in [6.45, 7) is 4.94. The van der Waals surface area contributed by atoms with Crippen LogP contribution in [0.25, 0.3) is 0 Å². The standard InChI is InChI=1S/C13H17N3O/c1-3-7-16-8-6-15-13(16)12(17)11-9-10(2)4-5-14-11/h4-6,8-9,12,17H,3,7H2,1-2H3. The van der Waals surface area contributed by atoms with Gasteiger partial charge in [-0.05, 0) is 31.0 Å². The molecule has 0 aliphatic heterocycles. The summed E-state index contributed by atoms with van der Waals surface area (Å²) in [6.07, 6.45) is 5.57. The van der Waals surface area contributed by atoms with Gasteiger partial charge >= 0.3 is 0 Å². The number of rotatable bonds is 4. The maximum Gasteiger partial charge on any atom is 0.153 e. The summed E-state index contributed by atoms with van der Waals surface area (Å²) in [5, 5.41) is 10.3. The Labute approximate surface area is 101 Å². The van der Waals surface area contributed by atoms with Crippen LogP contribution in [0.2, 0.25) is 0 Å². The first kappa shape index (κ1) is 11.8. The number of hydrogen-bond acceptors (Lipinski definition) is 3. The van der Waals surface area contributed by atoms with Crippen molar-refractivity contribution in [3.8, 4) is 0 Å². The van der Waals surface area contributed by atoms with Gasteiger partial charge in [-0.2, -0.15) is 0 Å². The fourth-order valence-electron chi connectivity index (χ4n) is 1.84. The Balaban J connectivity index is 2.30. The van der Waals surface area contributed by atoms with Gasteiger partial charge in [-0.25, -0.2) is 4.98 Å². The Hall–Kier alpha value is -1.68. The Morgan fingerprint density at radius 2 is 2.18 bits per heavy atom. The predicted octanol–water partition coefficient (Wildman–Crippen LogP) is 2.08. The van der Waals surface area contributed by atoms with E-state index in [1.54, 1.807) is 12.4 Å². The highest BCUT2D eigenvalue weighted by atomic mass is 16.3. The van der Waals surface area contributed by atoms with E-state index in [1.165, 1.54) is 0 Å².